The maximum Gasteiger partial charge on any atom is 0.389 e. The third-order valence-electron chi connectivity index (χ3n) is 2.89. The number of para-hydroxylation sites is 2. The van der Waals surface area contributed by atoms with Gasteiger partial charge in [-0.15, -0.1) is 0 Å². The molecule has 1 aromatic carbocycles. The SMILES string of the molecule is CNC(CCC(F)(F)F)c1cnc2ccccc2n1. The summed E-state index contributed by atoms with van der Waals surface area (Å²) in [7, 11) is 1.62. The maximum absolute atomic E-state index is 12.3. The van der Waals surface area contributed by atoms with E-state index < -0.39 is 18.6 Å². The van der Waals surface area contributed by atoms with Gasteiger partial charge in [0, 0.05) is 6.42 Å². The Kier molecular flexibility index (Phi) is 3.99. The lowest BCUT2D eigenvalue weighted by molar-refractivity contribution is -0.136. The van der Waals surface area contributed by atoms with Crippen LogP contribution in [0.3, 0.4) is 0 Å². The van der Waals surface area contributed by atoms with Crippen LogP contribution in [-0.4, -0.2) is 23.2 Å². The highest BCUT2D eigenvalue weighted by Gasteiger charge is 2.28. The van der Waals surface area contributed by atoms with E-state index in [1.54, 1.807) is 13.1 Å². The van der Waals surface area contributed by atoms with Gasteiger partial charge in [-0.1, -0.05) is 12.1 Å². The fourth-order valence-corrected chi connectivity index (χ4v) is 1.89. The lowest BCUT2D eigenvalue weighted by atomic mass is 10.1. The van der Waals surface area contributed by atoms with Gasteiger partial charge >= 0.3 is 6.18 Å². The summed E-state index contributed by atoms with van der Waals surface area (Å²) in [5.41, 5.74) is 1.95. The first-order chi connectivity index (χ1) is 8.99. The summed E-state index contributed by atoms with van der Waals surface area (Å²) >= 11 is 0. The lowest BCUT2D eigenvalue weighted by Gasteiger charge is -2.16. The van der Waals surface area contributed by atoms with Gasteiger partial charge in [0.2, 0.25) is 0 Å². The Balaban J connectivity index is 2.20. The highest BCUT2D eigenvalue weighted by atomic mass is 19.4. The van der Waals surface area contributed by atoms with Crippen molar-refractivity contribution < 1.29 is 13.2 Å². The molecule has 0 fully saturated rings. The number of fused-ring (bicyclic) bond motifs is 1. The highest BCUT2D eigenvalue weighted by Crippen LogP contribution is 2.27. The Morgan fingerprint density at radius 2 is 1.89 bits per heavy atom. The molecule has 102 valence electrons. The van der Waals surface area contributed by atoms with E-state index in [9.17, 15) is 13.2 Å². The van der Waals surface area contributed by atoms with E-state index in [0.29, 0.717) is 11.2 Å². The molecule has 0 saturated heterocycles. The Hall–Kier alpha value is -1.69. The molecule has 1 N–H and O–H groups in total. The van der Waals surface area contributed by atoms with Crippen molar-refractivity contribution in [2.75, 3.05) is 7.05 Å². The van der Waals surface area contributed by atoms with Gasteiger partial charge in [0.1, 0.15) is 0 Å². The van der Waals surface area contributed by atoms with E-state index in [0.717, 1.165) is 5.52 Å². The van der Waals surface area contributed by atoms with Gasteiger partial charge in [-0.05, 0) is 25.6 Å². The van der Waals surface area contributed by atoms with E-state index >= 15 is 0 Å². The minimum atomic E-state index is -4.15. The first-order valence-electron chi connectivity index (χ1n) is 5.95. The van der Waals surface area contributed by atoms with Crippen LogP contribution >= 0.6 is 0 Å². The highest BCUT2D eigenvalue weighted by molar-refractivity contribution is 5.73. The van der Waals surface area contributed by atoms with Crippen LogP contribution in [0.5, 0.6) is 0 Å². The van der Waals surface area contributed by atoms with Crippen LogP contribution in [0, 0.1) is 0 Å². The molecule has 1 heterocycles. The summed E-state index contributed by atoms with van der Waals surface area (Å²) in [4.78, 5) is 8.57. The number of hydrogen-bond acceptors (Lipinski definition) is 3. The van der Waals surface area contributed by atoms with Crippen molar-refractivity contribution in [2.24, 2.45) is 0 Å². The minimum absolute atomic E-state index is 0.0486. The van der Waals surface area contributed by atoms with Crippen LogP contribution in [0.1, 0.15) is 24.6 Å². The second-order valence-electron chi connectivity index (χ2n) is 4.28. The second kappa shape index (κ2) is 5.52. The first-order valence-corrected chi connectivity index (χ1v) is 5.95. The van der Waals surface area contributed by atoms with Crippen LogP contribution in [-0.2, 0) is 0 Å². The predicted molar refractivity (Wildman–Crippen MR) is 66.6 cm³/mol. The molecule has 1 unspecified atom stereocenters. The fourth-order valence-electron chi connectivity index (χ4n) is 1.89. The van der Waals surface area contributed by atoms with Crippen molar-refractivity contribution in [2.45, 2.75) is 25.1 Å². The van der Waals surface area contributed by atoms with Gasteiger partial charge in [0.25, 0.3) is 0 Å². The third kappa shape index (κ3) is 3.64. The van der Waals surface area contributed by atoms with Crippen LogP contribution in [0.2, 0.25) is 0 Å². The van der Waals surface area contributed by atoms with Gasteiger partial charge in [-0.25, -0.2) is 4.98 Å². The van der Waals surface area contributed by atoms with Crippen LogP contribution in [0.25, 0.3) is 11.0 Å². The van der Waals surface area contributed by atoms with Crippen molar-refractivity contribution in [3.63, 3.8) is 0 Å². The molecular weight excluding hydrogens is 255 g/mol. The molecule has 0 saturated carbocycles. The molecule has 6 heteroatoms. The predicted octanol–water partition coefficient (Wildman–Crippen LogP) is 3.23. The van der Waals surface area contributed by atoms with Crippen LogP contribution in [0.4, 0.5) is 13.2 Å². The number of halogens is 3. The molecule has 2 rings (SSSR count). The molecular formula is C13H14F3N3. The largest absolute Gasteiger partial charge is 0.389 e. The van der Waals surface area contributed by atoms with Crippen molar-refractivity contribution in [1.29, 1.82) is 0 Å². The van der Waals surface area contributed by atoms with E-state index in [4.69, 9.17) is 0 Å². The zero-order valence-electron chi connectivity index (χ0n) is 10.4. The molecule has 2 aromatic rings. The van der Waals surface area contributed by atoms with Gasteiger partial charge in [-0.2, -0.15) is 13.2 Å². The second-order valence-corrected chi connectivity index (χ2v) is 4.28. The van der Waals surface area contributed by atoms with Crippen molar-refractivity contribution >= 4 is 11.0 Å². The van der Waals surface area contributed by atoms with Crippen molar-refractivity contribution in [3.8, 4) is 0 Å². The summed E-state index contributed by atoms with van der Waals surface area (Å²) < 4.78 is 36.8. The van der Waals surface area contributed by atoms with Gasteiger partial charge in [-0.3, -0.25) is 4.98 Å². The maximum atomic E-state index is 12.3. The molecule has 0 amide bonds. The Morgan fingerprint density at radius 1 is 1.21 bits per heavy atom. The molecule has 0 aliphatic rings. The summed E-state index contributed by atoms with van der Waals surface area (Å²) in [6.45, 7) is 0. The summed E-state index contributed by atoms with van der Waals surface area (Å²) in [5.74, 6) is 0. The number of nitrogens with zero attached hydrogens (tertiary/aromatic N) is 2. The van der Waals surface area contributed by atoms with Gasteiger partial charge < -0.3 is 5.32 Å². The molecule has 1 aromatic heterocycles. The Morgan fingerprint density at radius 3 is 2.53 bits per heavy atom. The molecule has 1 atom stereocenters. The number of hydrogen-bond donors (Lipinski definition) is 1. The van der Waals surface area contributed by atoms with Crippen molar-refractivity contribution in [3.05, 3.63) is 36.2 Å². The third-order valence-corrected chi connectivity index (χ3v) is 2.89. The fraction of sp³-hybridized carbons (Fsp3) is 0.385. The number of rotatable bonds is 4. The van der Waals surface area contributed by atoms with Gasteiger partial charge in [0.05, 0.1) is 29.0 Å². The molecule has 0 aliphatic carbocycles. The lowest BCUT2D eigenvalue weighted by Crippen LogP contribution is -2.20. The van der Waals surface area contributed by atoms with E-state index in [1.807, 2.05) is 18.2 Å². The number of benzene rings is 1. The van der Waals surface area contributed by atoms with E-state index in [-0.39, 0.29) is 6.42 Å². The Bertz CT molecular complexity index is 554. The van der Waals surface area contributed by atoms with Crippen LogP contribution in [0.15, 0.2) is 30.5 Å². The smallest absolute Gasteiger partial charge is 0.312 e. The topological polar surface area (TPSA) is 37.8 Å². The standard InChI is InChI=1S/C13H14F3N3/c1-17-9(6-7-13(14,15)16)12-8-18-10-4-2-3-5-11(10)19-12/h2-5,8-9,17H,6-7H2,1H3. The molecule has 0 radical (unpaired) electrons. The molecule has 0 bridgehead atoms. The summed E-state index contributed by atoms with van der Waals surface area (Å²) in [6, 6.07) is 6.83. The normalized spacial score (nSPS) is 13.7. The molecule has 3 nitrogen and oxygen atoms in total. The van der Waals surface area contributed by atoms with E-state index in [1.165, 1.54) is 6.20 Å². The minimum Gasteiger partial charge on any atom is -0.312 e. The first kappa shape index (κ1) is 13.7. The quantitative estimate of drug-likeness (QED) is 0.926. The Labute approximate surface area is 108 Å². The zero-order valence-corrected chi connectivity index (χ0v) is 10.4. The van der Waals surface area contributed by atoms with Crippen LogP contribution < -0.4 is 5.32 Å². The average Bonchev–Trinajstić information content (AvgIpc) is 2.38. The van der Waals surface area contributed by atoms with E-state index in [2.05, 4.69) is 15.3 Å². The summed E-state index contributed by atoms with van der Waals surface area (Å²) in [5, 5.41) is 2.85. The summed E-state index contributed by atoms with van der Waals surface area (Å²) in [6.07, 6.45) is -3.51. The van der Waals surface area contributed by atoms with Crippen molar-refractivity contribution in [1.82, 2.24) is 15.3 Å². The molecule has 0 aliphatic heterocycles. The zero-order chi connectivity index (χ0) is 13.9. The monoisotopic (exact) mass is 269 g/mol. The molecule has 19 heavy (non-hydrogen) atoms. The van der Waals surface area contributed by atoms with Gasteiger partial charge in [0.15, 0.2) is 0 Å². The molecule has 0 spiro atoms. The average molecular weight is 269 g/mol. The number of nitrogens with one attached hydrogen (secondary N) is 1. The number of aromatic nitrogens is 2. The number of alkyl halides is 3.